The Morgan fingerprint density at radius 2 is 1.74 bits per heavy atom. The van der Waals surface area contributed by atoms with E-state index in [1.807, 2.05) is 55.5 Å². The number of nitrogens with zero attached hydrogens (tertiary/aromatic N) is 1. The average molecular weight is 327 g/mol. The van der Waals surface area contributed by atoms with Crippen LogP contribution in [0.5, 0.6) is 0 Å². The van der Waals surface area contributed by atoms with Gasteiger partial charge in [-0.15, -0.1) is 6.58 Å². The maximum Gasteiger partial charge on any atom is 0.244 e. The number of rotatable bonds is 6. The van der Waals surface area contributed by atoms with Crippen molar-refractivity contribution < 1.29 is 8.42 Å². The van der Waals surface area contributed by atoms with Crippen molar-refractivity contribution in [1.82, 2.24) is 4.31 Å². The summed E-state index contributed by atoms with van der Waals surface area (Å²) in [4.78, 5) is 0.366. The van der Waals surface area contributed by atoms with E-state index in [9.17, 15) is 8.42 Å². The van der Waals surface area contributed by atoms with Crippen LogP contribution in [-0.2, 0) is 10.0 Å². The lowest BCUT2D eigenvalue weighted by molar-refractivity contribution is 0.542. The van der Waals surface area contributed by atoms with Gasteiger partial charge in [0.2, 0.25) is 10.0 Å². The van der Waals surface area contributed by atoms with Gasteiger partial charge in [0.05, 0.1) is 10.9 Å². The van der Waals surface area contributed by atoms with Crippen molar-refractivity contribution in [2.24, 2.45) is 0 Å². The fourth-order valence-corrected chi connectivity index (χ4v) is 4.82. The van der Waals surface area contributed by atoms with Crippen LogP contribution in [0.15, 0.2) is 72.1 Å². The zero-order chi connectivity index (χ0) is 16.4. The molecule has 2 aromatic rings. The van der Waals surface area contributed by atoms with Gasteiger partial charge in [0.1, 0.15) is 0 Å². The molecule has 120 valence electrons. The van der Waals surface area contributed by atoms with Gasteiger partial charge in [-0.2, -0.15) is 4.31 Å². The summed E-state index contributed by atoms with van der Waals surface area (Å²) in [5.41, 5.74) is 2.11. The minimum Gasteiger partial charge on any atom is -0.207 e. The summed E-state index contributed by atoms with van der Waals surface area (Å²) in [5, 5.41) is 0. The van der Waals surface area contributed by atoms with E-state index in [1.165, 1.54) is 0 Å². The van der Waals surface area contributed by atoms with Crippen LogP contribution >= 0.6 is 0 Å². The molecule has 2 aromatic carbocycles. The minimum absolute atomic E-state index is 0.0155. The zero-order valence-electron chi connectivity index (χ0n) is 13.2. The molecular weight excluding hydrogens is 306 g/mol. The maximum absolute atomic E-state index is 13.0. The predicted molar refractivity (Wildman–Crippen MR) is 92.6 cm³/mol. The lowest BCUT2D eigenvalue weighted by atomic mass is 10.1. The molecule has 0 spiro atoms. The second-order valence-electron chi connectivity index (χ2n) is 5.94. The number of allylic oxidation sites excluding steroid dienone is 1. The zero-order valence-corrected chi connectivity index (χ0v) is 14.0. The number of hydrogen-bond acceptors (Lipinski definition) is 2. The Balaban J connectivity index is 1.92. The first-order valence-corrected chi connectivity index (χ1v) is 9.26. The molecule has 1 aliphatic rings. The highest BCUT2D eigenvalue weighted by atomic mass is 32.2. The standard InChI is InChI=1S/C19H21NO2S/c1-3-4-10-18-19(16-8-6-5-7-9-16)20(18)23(21,22)17-13-11-15(2)12-14-17/h3,5-9,11-14,18-19H,1,4,10H2,2H3/t18-,19-,20?/m0/s1. The Morgan fingerprint density at radius 1 is 1.09 bits per heavy atom. The lowest BCUT2D eigenvalue weighted by Crippen LogP contribution is -2.15. The van der Waals surface area contributed by atoms with Crippen LogP contribution in [0.3, 0.4) is 0 Å². The van der Waals surface area contributed by atoms with Gasteiger partial charge < -0.3 is 0 Å². The van der Waals surface area contributed by atoms with Crippen molar-refractivity contribution in [2.45, 2.75) is 36.7 Å². The maximum atomic E-state index is 13.0. The molecule has 1 aliphatic heterocycles. The highest BCUT2D eigenvalue weighted by Crippen LogP contribution is 2.49. The van der Waals surface area contributed by atoms with Crippen LogP contribution in [0, 0.1) is 6.92 Å². The van der Waals surface area contributed by atoms with Crippen LogP contribution in [0.2, 0.25) is 0 Å². The third kappa shape index (κ3) is 3.09. The normalized spacial score (nSPS) is 23.4. The molecule has 3 atom stereocenters. The van der Waals surface area contributed by atoms with Crippen molar-refractivity contribution in [3.63, 3.8) is 0 Å². The highest BCUT2D eigenvalue weighted by Gasteiger charge is 2.55. The molecule has 0 N–H and O–H groups in total. The van der Waals surface area contributed by atoms with Gasteiger partial charge in [0, 0.05) is 6.04 Å². The van der Waals surface area contributed by atoms with Crippen LogP contribution in [-0.4, -0.2) is 18.8 Å². The van der Waals surface area contributed by atoms with E-state index in [1.54, 1.807) is 16.4 Å². The van der Waals surface area contributed by atoms with E-state index in [4.69, 9.17) is 0 Å². The fourth-order valence-electron chi connectivity index (χ4n) is 3.01. The smallest absolute Gasteiger partial charge is 0.207 e. The molecule has 4 heteroatoms. The van der Waals surface area contributed by atoms with Gasteiger partial charge in [-0.05, 0) is 37.5 Å². The van der Waals surface area contributed by atoms with Gasteiger partial charge >= 0.3 is 0 Å². The van der Waals surface area contributed by atoms with Gasteiger partial charge in [-0.25, -0.2) is 8.42 Å². The van der Waals surface area contributed by atoms with Crippen LogP contribution in [0.4, 0.5) is 0 Å². The third-order valence-corrected chi connectivity index (χ3v) is 6.20. The van der Waals surface area contributed by atoms with E-state index in [-0.39, 0.29) is 12.1 Å². The lowest BCUT2D eigenvalue weighted by Gasteiger charge is -2.07. The monoisotopic (exact) mass is 327 g/mol. The third-order valence-electron chi connectivity index (χ3n) is 4.28. The van der Waals surface area contributed by atoms with Crippen molar-refractivity contribution in [3.05, 3.63) is 78.4 Å². The van der Waals surface area contributed by atoms with Crippen LogP contribution in [0.1, 0.15) is 30.0 Å². The topological polar surface area (TPSA) is 37.1 Å². The van der Waals surface area contributed by atoms with Crippen molar-refractivity contribution in [2.75, 3.05) is 0 Å². The molecule has 1 heterocycles. The first-order chi connectivity index (χ1) is 11.1. The van der Waals surface area contributed by atoms with E-state index in [0.29, 0.717) is 4.90 Å². The summed E-state index contributed by atoms with van der Waals surface area (Å²) >= 11 is 0. The van der Waals surface area contributed by atoms with Gasteiger partial charge in [-0.3, -0.25) is 0 Å². The quantitative estimate of drug-likeness (QED) is 0.592. The molecule has 0 radical (unpaired) electrons. The molecule has 0 aliphatic carbocycles. The number of benzene rings is 2. The molecule has 1 saturated heterocycles. The van der Waals surface area contributed by atoms with E-state index in [0.717, 1.165) is 24.0 Å². The molecular formula is C19H21NO2S. The summed E-state index contributed by atoms with van der Waals surface area (Å²) in [6.45, 7) is 5.70. The summed E-state index contributed by atoms with van der Waals surface area (Å²) in [6, 6.07) is 16.9. The summed E-state index contributed by atoms with van der Waals surface area (Å²) < 4.78 is 27.6. The average Bonchev–Trinajstić information content (AvgIpc) is 3.29. The van der Waals surface area contributed by atoms with Crippen molar-refractivity contribution in [3.8, 4) is 0 Å². The Bertz CT molecular complexity index is 782. The number of sulfonamides is 1. The Morgan fingerprint density at radius 3 is 2.35 bits per heavy atom. The molecule has 1 fully saturated rings. The van der Waals surface area contributed by atoms with Gasteiger partial charge in [0.15, 0.2) is 0 Å². The Kier molecular flexibility index (Phi) is 4.37. The first-order valence-electron chi connectivity index (χ1n) is 7.82. The largest absolute Gasteiger partial charge is 0.244 e. The molecule has 23 heavy (non-hydrogen) atoms. The first kappa shape index (κ1) is 16.0. The van der Waals surface area contributed by atoms with E-state index >= 15 is 0 Å². The van der Waals surface area contributed by atoms with E-state index < -0.39 is 10.0 Å². The molecule has 0 aromatic heterocycles. The second-order valence-corrected chi connectivity index (χ2v) is 7.78. The Labute approximate surface area is 138 Å². The number of hydrogen-bond donors (Lipinski definition) is 0. The highest BCUT2D eigenvalue weighted by molar-refractivity contribution is 7.89. The summed E-state index contributed by atoms with van der Waals surface area (Å²) in [7, 11) is -3.46. The van der Waals surface area contributed by atoms with Gasteiger partial charge in [-0.1, -0.05) is 54.1 Å². The minimum atomic E-state index is -3.46. The molecule has 0 amide bonds. The SMILES string of the molecule is C=CCC[C@H]1[C@H](c2ccccc2)N1S(=O)(=O)c1ccc(C)cc1. The molecule has 0 saturated carbocycles. The molecule has 1 unspecified atom stereocenters. The second kappa shape index (κ2) is 6.30. The fraction of sp³-hybridized carbons (Fsp3) is 0.263. The Hall–Kier alpha value is -1.91. The van der Waals surface area contributed by atoms with Gasteiger partial charge in [0.25, 0.3) is 0 Å². The number of aryl methyl sites for hydroxylation is 1. The molecule has 3 nitrogen and oxygen atoms in total. The summed E-state index contributed by atoms with van der Waals surface area (Å²) in [6.07, 6.45) is 3.46. The predicted octanol–water partition coefficient (Wildman–Crippen LogP) is 4.08. The van der Waals surface area contributed by atoms with Crippen LogP contribution < -0.4 is 0 Å². The summed E-state index contributed by atoms with van der Waals surface area (Å²) in [5.74, 6) is 0. The molecule has 0 bridgehead atoms. The molecule has 3 rings (SSSR count). The van der Waals surface area contributed by atoms with E-state index in [2.05, 4.69) is 6.58 Å². The van der Waals surface area contributed by atoms with Crippen molar-refractivity contribution in [1.29, 1.82) is 0 Å². The van der Waals surface area contributed by atoms with Crippen molar-refractivity contribution >= 4 is 10.0 Å². The van der Waals surface area contributed by atoms with Crippen LogP contribution in [0.25, 0.3) is 0 Å².